The van der Waals surface area contributed by atoms with Gasteiger partial charge in [0.2, 0.25) is 0 Å². The highest BCUT2D eigenvalue weighted by atomic mass is 79.9. The minimum Gasteiger partial charge on any atom is -0.469 e. The number of rotatable bonds is 3. The summed E-state index contributed by atoms with van der Waals surface area (Å²) < 4.78 is 9.89. The van der Waals surface area contributed by atoms with Crippen LogP contribution in [0.15, 0.2) is 22.7 Å². The van der Waals surface area contributed by atoms with Crippen LogP contribution in [0.1, 0.15) is 28.8 Å². The molecule has 0 aliphatic heterocycles. The van der Waals surface area contributed by atoms with Crippen molar-refractivity contribution in [3.05, 3.63) is 33.8 Å². The number of methoxy groups -OCH3 is 2. The second-order valence-corrected chi connectivity index (χ2v) is 4.24. The van der Waals surface area contributed by atoms with Gasteiger partial charge in [0.25, 0.3) is 0 Å². The summed E-state index contributed by atoms with van der Waals surface area (Å²) in [6.45, 7) is 1.72. The van der Waals surface area contributed by atoms with E-state index >= 15 is 0 Å². The van der Waals surface area contributed by atoms with Gasteiger partial charge < -0.3 is 9.47 Å². The number of hydrogen-bond donors (Lipinski definition) is 0. The molecule has 1 rings (SSSR count). The Morgan fingerprint density at radius 3 is 2.41 bits per heavy atom. The summed E-state index contributed by atoms with van der Waals surface area (Å²) in [5.74, 6) is -1.25. The van der Waals surface area contributed by atoms with E-state index in [0.29, 0.717) is 15.6 Å². The molecule has 0 aromatic heterocycles. The van der Waals surface area contributed by atoms with Crippen LogP contribution in [0.2, 0.25) is 0 Å². The highest BCUT2D eigenvalue weighted by molar-refractivity contribution is 9.10. The maximum atomic E-state index is 11.5. The van der Waals surface area contributed by atoms with Crippen LogP contribution in [0, 0.1) is 0 Å². The molecule has 0 spiro atoms. The molecule has 17 heavy (non-hydrogen) atoms. The SMILES string of the molecule is COC(=O)c1cccc(C(C)C(=O)OC)c1Br. The van der Waals surface area contributed by atoms with Crippen molar-refractivity contribution in [2.45, 2.75) is 12.8 Å². The molecular formula is C12H13BrO4. The Bertz CT molecular complexity index is 442. The van der Waals surface area contributed by atoms with Gasteiger partial charge in [-0.25, -0.2) is 4.79 Å². The molecule has 1 atom stereocenters. The van der Waals surface area contributed by atoms with Crippen LogP contribution in [0.5, 0.6) is 0 Å². The lowest BCUT2D eigenvalue weighted by molar-refractivity contribution is -0.142. The van der Waals surface area contributed by atoms with Gasteiger partial charge >= 0.3 is 11.9 Å². The molecule has 1 aromatic carbocycles. The zero-order chi connectivity index (χ0) is 13.0. The van der Waals surface area contributed by atoms with Crippen molar-refractivity contribution >= 4 is 27.9 Å². The summed E-state index contributed by atoms with van der Waals surface area (Å²) in [7, 11) is 2.64. The third kappa shape index (κ3) is 2.85. The molecule has 92 valence electrons. The van der Waals surface area contributed by atoms with Crippen molar-refractivity contribution in [2.75, 3.05) is 14.2 Å². The number of hydrogen-bond acceptors (Lipinski definition) is 4. The number of benzene rings is 1. The van der Waals surface area contributed by atoms with Gasteiger partial charge in [-0.05, 0) is 34.5 Å². The van der Waals surface area contributed by atoms with Crippen molar-refractivity contribution in [1.82, 2.24) is 0 Å². The van der Waals surface area contributed by atoms with Gasteiger partial charge in [-0.1, -0.05) is 12.1 Å². The zero-order valence-corrected chi connectivity index (χ0v) is 11.4. The Labute approximate surface area is 108 Å². The van der Waals surface area contributed by atoms with Crippen molar-refractivity contribution in [1.29, 1.82) is 0 Å². The van der Waals surface area contributed by atoms with Crippen molar-refractivity contribution < 1.29 is 19.1 Å². The summed E-state index contributed by atoms with van der Waals surface area (Å²) in [6, 6.07) is 5.09. The molecule has 0 fully saturated rings. The van der Waals surface area contributed by atoms with Crippen LogP contribution in [0.25, 0.3) is 0 Å². The molecule has 0 amide bonds. The second-order valence-electron chi connectivity index (χ2n) is 3.45. The normalized spacial score (nSPS) is 11.8. The molecule has 4 nitrogen and oxygen atoms in total. The average molecular weight is 301 g/mol. The first-order chi connectivity index (χ1) is 8.02. The second kappa shape index (κ2) is 5.82. The predicted octanol–water partition coefficient (Wildman–Crippen LogP) is 2.51. The van der Waals surface area contributed by atoms with E-state index in [1.807, 2.05) is 0 Å². The van der Waals surface area contributed by atoms with Crippen molar-refractivity contribution in [2.24, 2.45) is 0 Å². The monoisotopic (exact) mass is 300 g/mol. The largest absolute Gasteiger partial charge is 0.469 e. The van der Waals surface area contributed by atoms with Crippen LogP contribution < -0.4 is 0 Å². The standard InChI is InChI=1S/C12H13BrO4/c1-7(11(14)16-2)8-5-4-6-9(10(8)13)12(15)17-3/h4-7H,1-3H3. The molecule has 1 unspecified atom stereocenters. The third-order valence-corrected chi connectivity index (χ3v) is 3.34. The molecule has 0 saturated heterocycles. The van der Waals surface area contributed by atoms with E-state index in [2.05, 4.69) is 25.4 Å². The van der Waals surface area contributed by atoms with Gasteiger partial charge in [0.1, 0.15) is 0 Å². The molecule has 0 saturated carbocycles. The lowest BCUT2D eigenvalue weighted by atomic mass is 9.99. The molecule has 0 N–H and O–H groups in total. The quantitative estimate of drug-likeness (QED) is 0.805. The van der Waals surface area contributed by atoms with Crippen LogP contribution in [-0.4, -0.2) is 26.2 Å². The lowest BCUT2D eigenvalue weighted by Crippen LogP contribution is -2.13. The summed E-state index contributed by atoms with van der Waals surface area (Å²) in [5, 5.41) is 0. The summed E-state index contributed by atoms with van der Waals surface area (Å²) >= 11 is 3.31. The Kier molecular flexibility index (Phi) is 4.69. The van der Waals surface area contributed by atoms with Crippen molar-refractivity contribution in [3.8, 4) is 0 Å². The lowest BCUT2D eigenvalue weighted by Gasteiger charge is -2.13. The Balaban J connectivity index is 3.19. The molecule has 0 aliphatic carbocycles. The number of carbonyl (C=O) groups excluding carboxylic acids is 2. The highest BCUT2D eigenvalue weighted by Gasteiger charge is 2.21. The van der Waals surface area contributed by atoms with E-state index in [1.165, 1.54) is 14.2 Å². The van der Waals surface area contributed by atoms with E-state index in [0.717, 1.165) is 0 Å². The fraction of sp³-hybridized carbons (Fsp3) is 0.333. The number of esters is 2. The van der Waals surface area contributed by atoms with Crippen LogP contribution in [0.4, 0.5) is 0 Å². The van der Waals surface area contributed by atoms with E-state index in [-0.39, 0.29) is 5.97 Å². The van der Waals surface area contributed by atoms with Crippen LogP contribution in [-0.2, 0) is 14.3 Å². The predicted molar refractivity (Wildman–Crippen MR) is 65.9 cm³/mol. The molecule has 0 bridgehead atoms. The summed E-state index contributed by atoms with van der Waals surface area (Å²) in [6.07, 6.45) is 0. The smallest absolute Gasteiger partial charge is 0.339 e. The minimum absolute atomic E-state index is 0.354. The molecule has 0 heterocycles. The van der Waals surface area contributed by atoms with Crippen LogP contribution >= 0.6 is 15.9 Å². The maximum absolute atomic E-state index is 11.5. The molecule has 0 aliphatic rings. The topological polar surface area (TPSA) is 52.6 Å². The summed E-state index contributed by atoms with van der Waals surface area (Å²) in [5.41, 5.74) is 1.08. The first-order valence-electron chi connectivity index (χ1n) is 4.97. The van der Waals surface area contributed by atoms with Gasteiger partial charge in [-0.3, -0.25) is 4.79 Å². The number of carbonyl (C=O) groups is 2. The van der Waals surface area contributed by atoms with Gasteiger partial charge in [0.05, 0.1) is 25.7 Å². The Morgan fingerprint density at radius 1 is 1.24 bits per heavy atom. The molecule has 0 radical (unpaired) electrons. The van der Waals surface area contributed by atoms with E-state index in [9.17, 15) is 9.59 Å². The number of halogens is 1. The fourth-order valence-corrected chi connectivity index (χ4v) is 2.23. The zero-order valence-electron chi connectivity index (χ0n) is 9.82. The molecule has 1 aromatic rings. The first kappa shape index (κ1) is 13.7. The molecule has 5 heteroatoms. The van der Waals surface area contributed by atoms with E-state index in [4.69, 9.17) is 0 Å². The highest BCUT2D eigenvalue weighted by Crippen LogP contribution is 2.29. The first-order valence-corrected chi connectivity index (χ1v) is 5.76. The Morgan fingerprint density at radius 2 is 1.88 bits per heavy atom. The van der Waals surface area contributed by atoms with E-state index in [1.54, 1.807) is 25.1 Å². The van der Waals surface area contributed by atoms with Gasteiger partial charge in [-0.2, -0.15) is 0 Å². The summed E-state index contributed by atoms with van der Waals surface area (Å²) in [4.78, 5) is 22.9. The average Bonchev–Trinajstić information content (AvgIpc) is 2.36. The van der Waals surface area contributed by atoms with Gasteiger partial charge in [0, 0.05) is 4.47 Å². The third-order valence-electron chi connectivity index (χ3n) is 2.46. The van der Waals surface area contributed by atoms with E-state index < -0.39 is 11.9 Å². The Hall–Kier alpha value is -1.36. The fourth-order valence-electron chi connectivity index (χ4n) is 1.46. The van der Waals surface area contributed by atoms with Crippen LogP contribution in [0.3, 0.4) is 0 Å². The molecular weight excluding hydrogens is 288 g/mol. The van der Waals surface area contributed by atoms with Gasteiger partial charge in [0.15, 0.2) is 0 Å². The van der Waals surface area contributed by atoms with Crippen molar-refractivity contribution in [3.63, 3.8) is 0 Å². The van der Waals surface area contributed by atoms with Gasteiger partial charge in [-0.15, -0.1) is 0 Å². The maximum Gasteiger partial charge on any atom is 0.339 e. The number of ether oxygens (including phenoxy) is 2. The minimum atomic E-state index is -0.448.